The van der Waals surface area contributed by atoms with Gasteiger partial charge in [-0.05, 0) is 24.3 Å². The van der Waals surface area contributed by atoms with Crippen LogP contribution in [0.2, 0.25) is 0 Å². The normalized spacial score (nSPS) is 11.3. The van der Waals surface area contributed by atoms with E-state index >= 15 is 0 Å². The third-order valence-electron chi connectivity index (χ3n) is 1.74. The van der Waals surface area contributed by atoms with E-state index in [2.05, 4.69) is 4.72 Å². The summed E-state index contributed by atoms with van der Waals surface area (Å²) in [7, 11) is -1.87. The molecule has 0 aliphatic rings. The lowest BCUT2D eigenvalue weighted by atomic mass is 10.3. The molecule has 0 aliphatic carbocycles. The third-order valence-corrected chi connectivity index (χ3v) is 2.99. The molecular weight excluding hydrogens is 216 g/mol. The van der Waals surface area contributed by atoms with Crippen LogP contribution >= 0.6 is 0 Å². The van der Waals surface area contributed by atoms with Gasteiger partial charge in [-0.15, -0.1) is 0 Å². The molecule has 1 rings (SSSR count). The lowest BCUT2D eigenvalue weighted by Crippen LogP contribution is -2.19. The van der Waals surface area contributed by atoms with Gasteiger partial charge in [0, 0.05) is 18.5 Å². The minimum Gasteiger partial charge on any atom is -0.399 e. The largest absolute Gasteiger partial charge is 0.399 e. The quantitative estimate of drug-likeness (QED) is 0.728. The van der Waals surface area contributed by atoms with Crippen LogP contribution in [-0.4, -0.2) is 27.9 Å². The van der Waals surface area contributed by atoms with Crippen molar-refractivity contribution in [2.24, 2.45) is 0 Å². The highest BCUT2D eigenvalue weighted by Gasteiger charge is 2.09. The fourth-order valence-corrected chi connectivity index (χ4v) is 1.96. The smallest absolute Gasteiger partial charge is 0.234 e. The van der Waals surface area contributed by atoms with Gasteiger partial charge in [-0.1, -0.05) is 0 Å². The zero-order valence-corrected chi connectivity index (χ0v) is 9.25. The first-order chi connectivity index (χ1) is 7.03. The summed E-state index contributed by atoms with van der Waals surface area (Å²) in [5, 5.41) is 0. The zero-order chi connectivity index (χ0) is 11.3. The monoisotopic (exact) mass is 230 g/mol. The summed E-state index contributed by atoms with van der Waals surface area (Å²) >= 11 is 0. The molecule has 0 heterocycles. The van der Waals surface area contributed by atoms with Crippen molar-refractivity contribution in [1.82, 2.24) is 0 Å². The molecule has 1 aromatic carbocycles. The van der Waals surface area contributed by atoms with E-state index < -0.39 is 10.0 Å². The Morgan fingerprint density at radius 3 is 2.47 bits per heavy atom. The molecule has 0 radical (unpaired) electrons. The number of hydrogen-bond donors (Lipinski definition) is 2. The van der Waals surface area contributed by atoms with Gasteiger partial charge in [0.25, 0.3) is 0 Å². The molecule has 0 aromatic heterocycles. The van der Waals surface area contributed by atoms with Gasteiger partial charge in [0.2, 0.25) is 10.0 Å². The van der Waals surface area contributed by atoms with Crippen LogP contribution in [0.15, 0.2) is 24.3 Å². The Bertz CT molecular complexity index is 400. The Kier molecular flexibility index (Phi) is 3.93. The molecule has 0 bridgehead atoms. The molecule has 0 aliphatic heterocycles. The van der Waals surface area contributed by atoms with Gasteiger partial charge in [-0.25, -0.2) is 8.42 Å². The van der Waals surface area contributed by atoms with Crippen LogP contribution in [0, 0.1) is 0 Å². The highest BCUT2D eigenvalue weighted by Crippen LogP contribution is 2.12. The van der Waals surface area contributed by atoms with E-state index in [1.807, 2.05) is 0 Å². The van der Waals surface area contributed by atoms with Crippen LogP contribution in [0.5, 0.6) is 0 Å². The number of nitrogens with one attached hydrogen (secondary N) is 1. The van der Waals surface area contributed by atoms with E-state index in [9.17, 15) is 8.42 Å². The minimum absolute atomic E-state index is 0.0616. The van der Waals surface area contributed by atoms with Crippen LogP contribution in [0.1, 0.15) is 0 Å². The highest BCUT2D eigenvalue weighted by atomic mass is 32.2. The molecule has 0 saturated carbocycles. The van der Waals surface area contributed by atoms with Crippen LogP contribution in [0.3, 0.4) is 0 Å². The Balaban J connectivity index is 2.65. The van der Waals surface area contributed by atoms with E-state index in [0.29, 0.717) is 11.4 Å². The summed E-state index contributed by atoms with van der Waals surface area (Å²) in [6.45, 7) is 0.171. The molecular formula is C9H14N2O3S. The third kappa shape index (κ3) is 4.18. The highest BCUT2D eigenvalue weighted by molar-refractivity contribution is 7.92. The fraction of sp³-hybridized carbons (Fsp3) is 0.333. The Morgan fingerprint density at radius 2 is 1.93 bits per heavy atom. The molecule has 0 atom stereocenters. The molecule has 0 unspecified atom stereocenters. The van der Waals surface area contributed by atoms with Crippen LogP contribution < -0.4 is 10.5 Å². The van der Waals surface area contributed by atoms with Gasteiger partial charge in [-0.3, -0.25) is 4.72 Å². The maximum atomic E-state index is 11.4. The van der Waals surface area contributed by atoms with Crippen molar-refractivity contribution in [2.75, 3.05) is 29.9 Å². The number of methoxy groups -OCH3 is 1. The van der Waals surface area contributed by atoms with Gasteiger partial charge in [0.1, 0.15) is 0 Å². The Labute approximate surface area is 89.3 Å². The lowest BCUT2D eigenvalue weighted by molar-refractivity contribution is 0.217. The molecule has 6 heteroatoms. The van der Waals surface area contributed by atoms with Crippen molar-refractivity contribution < 1.29 is 13.2 Å². The van der Waals surface area contributed by atoms with Crippen molar-refractivity contribution in [3.63, 3.8) is 0 Å². The van der Waals surface area contributed by atoms with Gasteiger partial charge < -0.3 is 10.5 Å². The van der Waals surface area contributed by atoms with Gasteiger partial charge in [0.05, 0.1) is 12.4 Å². The molecule has 0 saturated heterocycles. The maximum absolute atomic E-state index is 11.4. The Hall–Kier alpha value is -1.27. The second-order valence-electron chi connectivity index (χ2n) is 3.04. The number of nitrogens with two attached hydrogens (primary N) is 1. The predicted octanol–water partition coefficient (Wildman–Crippen LogP) is 0.657. The number of anilines is 2. The second-order valence-corrected chi connectivity index (χ2v) is 4.88. The summed E-state index contributed by atoms with van der Waals surface area (Å²) in [5.74, 6) is -0.0616. The SMILES string of the molecule is COCCS(=O)(=O)Nc1ccc(N)cc1. The number of benzene rings is 1. The standard InChI is InChI=1S/C9H14N2O3S/c1-14-6-7-15(12,13)11-9-4-2-8(10)3-5-9/h2-5,11H,6-7,10H2,1H3. The molecule has 0 amide bonds. The average Bonchev–Trinajstić information content (AvgIpc) is 2.18. The molecule has 5 nitrogen and oxygen atoms in total. The molecule has 0 spiro atoms. The van der Waals surface area contributed by atoms with Crippen LogP contribution in [0.4, 0.5) is 11.4 Å². The molecule has 1 aromatic rings. The van der Waals surface area contributed by atoms with E-state index in [1.54, 1.807) is 24.3 Å². The summed E-state index contributed by atoms with van der Waals surface area (Å²) in [6, 6.07) is 6.49. The zero-order valence-electron chi connectivity index (χ0n) is 8.43. The second kappa shape index (κ2) is 4.99. The Morgan fingerprint density at radius 1 is 1.33 bits per heavy atom. The number of sulfonamides is 1. The topological polar surface area (TPSA) is 81.4 Å². The number of hydrogen-bond acceptors (Lipinski definition) is 4. The minimum atomic E-state index is -3.33. The van der Waals surface area contributed by atoms with Crippen molar-refractivity contribution in [2.45, 2.75) is 0 Å². The molecule has 15 heavy (non-hydrogen) atoms. The van der Waals surface area contributed by atoms with E-state index in [1.165, 1.54) is 7.11 Å². The van der Waals surface area contributed by atoms with Gasteiger partial charge in [-0.2, -0.15) is 0 Å². The van der Waals surface area contributed by atoms with E-state index in [4.69, 9.17) is 10.5 Å². The molecule has 84 valence electrons. The van der Waals surface area contributed by atoms with Crippen molar-refractivity contribution in [3.05, 3.63) is 24.3 Å². The predicted molar refractivity (Wildman–Crippen MR) is 60.1 cm³/mol. The summed E-state index contributed by atoms with van der Waals surface area (Å²) in [4.78, 5) is 0. The molecule has 3 N–H and O–H groups in total. The van der Waals surface area contributed by atoms with E-state index in [0.717, 1.165) is 0 Å². The number of nitrogen functional groups attached to an aromatic ring is 1. The molecule has 0 fully saturated rings. The first-order valence-corrected chi connectivity index (χ1v) is 6.04. The van der Waals surface area contributed by atoms with Crippen molar-refractivity contribution >= 4 is 21.4 Å². The van der Waals surface area contributed by atoms with Gasteiger partial charge >= 0.3 is 0 Å². The summed E-state index contributed by atoms with van der Waals surface area (Å²) < 4.78 is 30.0. The average molecular weight is 230 g/mol. The fourth-order valence-electron chi connectivity index (χ4n) is 0.975. The number of ether oxygens (including phenoxy) is 1. The van der Waals surface area contributed by atoms with Crippen LogP contribution in [-0.2, 0) is 14.8 Å². The van der Waals surface area contributed by atoms with Crippen molar-refractivity contribution in [3.8, 4) is 0 Å². The lowest BCUT2D eigenvalue weighted by Gasteiger charge is -2.07. The van der Waals surface area contributed by atoms with Crippen LogP contribution in [0.25, 0.3) is 0 Å². The first kappa shape index (κ1) is 11.8. The summed E-state index contributed by atoms with van der Waals surface area (Å²) in [6.07, 6.45) is 0. The van der Waals surface area contributed by atoms with Crippen molar-refractivity contribution in [1.29, 1.82) is 0 Å². The summed E-state index contributed by atoms with van der Waals surface area (Å²) in [5.41, 5.74) is 6.57. The number of rotatable bonds is 5. The maximum Gasteiger partial charge on any atom is 0.234 e. The van der Waals surface area contributed by atoms with E-state index in [-0.39, 0.29) is 12.4 Å². The first-order valence-electron chi connectivity index (χ1n) is 4.38. The van der Waals surface area contributed by atoms with Gasteiger partial charge in [0.15, 0.2) is 0 Å².